The average molecular weight is 388 g/mol. The lowest BCUT2D eigenvalue weighted by Crippen LogP contribution is -2.27. The second-order valence-electron chi connectivity index (χ2n) is 7.30. The molecule has 1 amide bonds. The van der Waals surface area contributed by atoms with Crippen LogP contribution in [0, 0.1) is 5.92 Å². The third kappa shape index (κ3) is 3.26. The molecule has 4 nitrogen and oxygen atoms in total. The van der Waals surface area contributed by atoms with Crippen molar-refractivity contribution in [3.05, 3.63) is 46.1 Å². The second-order valence-corrected chi connectivity index (χ2v) is 8.57. The molecule has 1 aliphatic rings. The fourth-order valence-corrected chi connectivity index (χ4v) is 4.54. The Morgan fingerprint density at radius 1 is 1.31 bits per heavy atom. The van der Waals surface area contributed by atoms with Crippen LogP contribution >= 0.6 is 22.9 Å². The van der Waals surface area contributed by atoms with E-state index < -0.39 is 0 Å². The van der Waals surface area contributed by atoms with Gasteiger partial charge >= 0.3 is 0 Å². The Morgan fingerprint density at radius 2 is 2.08 bits per heavy atom. The van der Waals surface area contributed by atoms with E-state index in [1.807, 2.05) is 22.4 Å². The van der Waals surface area contributed by atoms with Crippen molar-refractivity contribution in [3.8, 4) is 5.13 Å². The number of hydrogen-bond donors (Lipinski definition) is 0. The third-order valence-corrected chi connectivity index (χ3v) is 5.86. The normalized spacial score (nSPS) is 14.7. The van der Waals surface area contributed by atoms with Crippen molar-refractivity contribution in [1.29, 1.82) is 0 Å². The summed E-state index contributed by atoms with van der Waals surface area (Å²) in [7, 11) is 0. The first-order chi connectivity index (χ1) is 12.5. The van der Waals surface area contributed by atoms with Crippen LogP contribution in [-0.2, 0) is 6.42 Å². The molecule has 0 atom stereocenters. The lowest BCUT2D eigenvalue weighted by molar-refractivity contribution is 0.0788. The number of carbonyl (C=O) groups excluding carboxylic acids is 1. The van der Waals surface area contributed by atoms with Gasteiger partial charge in [-0.1, -0.05) is 31.5 Å². The standard InChI is InChI=1S/C20H22ClN3OS/c1-13(2)9-14-11-24(18-10-15(21)5-6-16(14)18)20-22-17(12-26-20)19(25)23-7-3-4-8-23/h5-6,10-13H,3-4,7-9H2,1-2H3. The molecule has 2 aromatic heterocycles. The maximum absolute atomic E-state index is 12.6. The molecular formula is C20H22ClN3OS. The molecule has 0 N–H and O–H groups in total. The number of benzene rings is 1. The molecule has 0 bridgehead atoms. The Kier molecular flexibility index (Phi) is 4.76. The minimum atomic E-state index is 0.0434. The highest BCUT2D eigenvalue weighted by Crippen LogP contribution is 2.30. The van der Waals surface area contributed by atoms with Gasteiger partial charge < -0.3 is 4.90 Å². The summed E-state index contributed by atoms with van der Waals surface area (Å²) in [6, 6.07) is 5.99. The zero-order chi connectivity index (χ0) is 18.3. The highest BCUT2D eigenvalue weighted by atomic mass is 35.5. The molecule has 26 heavy (non-hydrogen) atoms. The van der Waals surface area contributed by atoms with E-state index in [4.69, 9.17) is 11.6 Å². The Labute approximate surface area is 162 Å². The first-order valence-corrected chi connectivity index (χ1v) is 10.3. The number of thiazole rings is 1. The van der Waals surface area contributed by atoms with Crippen LogP contribution in [0.3, 0.4) is 0 Å². The summed E-state index contributed by atoms with van der Waals surface area (Å²) < 4.78 is 2.07. The van der Waals surface area contributed by atoms with Crippen molar-refractivity contribution >= 4 is 39.7 Å². The number of halogens is 1. The lowest BCUT2D eigenvalue weighted by atomic mass is 10.0. The minimum absolute atomic E-state index is 0.0434. The highest BCUT2D eigenvalue weighted by molar-refractivity contribution is 7.12. The van der Waals surface area contributed by atoms with Gasteiger partial charge in [-0.05, 0) is 42.9 Å². The molecule has 0 unspecified atom stereocenters. The first-order valence-electron chi connectivity index (χ1n) is 9.07. The molecule has 0 radical (unpaired) electrons. The van der Waals surface area contributed by atoms with Crippen LogP contribution in [0.25, 0.3) is 16.0 Å². The number of fused-ring (bicyclic) bond motifs is 1. The zero-order valence-electron chi connectivity index (χ0n) is 15.0. The monoisotopic (exact) mass is 387 g/mol. The van der Waals surface area contributed by atoms with Crippen molar-refractivity contribution in [3.63, 3.8) is 0 Å². The number of aromatic nitrogens is 2. The quantitative estimate of drug-likeness (QED) is 0.619. The summed E-state index contributed by atoms with van der Waals surface area (Å²) in [5.41, 5.74) is 2.87. The second kappa shape index (κ2) is 7.05. The van der Waals surface area contributed by atoms with Crippen molar-refractivity contribution in [2.24, 2.45) is 5.92 Å². The van der Waals surface area contributed by atoms with Gasteiger partial charge in [-0.3, -0.25) is 9.36 Å². The predicted octanol–water partition coefficient (Wildman–Crippen LogP) is 5.17. The Balaban J connectivity index is 1.74. The van der Waals surface area contributed by atoms with Crippen molar-refractivity contribution in [2.45, 2.75) is 33.1 Å². The number of nitrogens with zero attached hydrogens (tertiary/aromatic N) is 3. The molecule has 0 aliphatic carbocycles. The van der Waals surface area contributed by atoms with E-state index in [1.54, 1.807) is 0 Å². The molecule has 1 saturated heterocycles. The van der Waals surface area contributed by atoms with Gasteiger partial charge in [-0.25, -0.2) is 4.98 Å². The number of rotatable bonds is 4. The summed E-state index contributed by atoms with van der Waals surface area (Å²) in [5.74, 6) is 0.607. The van der Waals surface area contributed by atoms with Crippen molar-refractivity contribution < 1.29 is 4.79 Å². The van der Waals surface area contributed by atoms with Gasteiger partial charge in [0.15, 0.2) is 5.13 Å². The number of hydrogen-bond acceptors (Lipinski definition) is 3. The van der Waals surface area contributed by atoms with Gasteiger partial charge in [0, 0.05) is 35.1 Å². The molecular weight excluding hydrogens is 366 g/mol. The van der Waals surface area contributed by atoms with Gasteiger partial charge in [0.05, 0.1) is 5.52 Å². The number of likely N-dealkylation sites (tertiary alicyclic amines) is 1. The Bertz CT molecular complexity index is 953. The number of carbonyl (C=O) groups is 1. The van der Waals surface area contributed by atoms with E-state index in [0.29, 0.717) is 16.6 Å². The minimum Gasteiger partial charge on any atom is -0.337 e. The van der Waals surface area contributed by atoms with Crippen LogP contribution in [0.4, 0.5) is 0 Å². The van der Waals surface area contributed by atoms with E-state index in [-0.39, 0.29) is 5.91 Å². The van der Waals surface area contributed by atoms with E-state index in [1.165, 1.54) is 22.3 Å². The molecule has 6 heteroatoms. The zero-order valence-corrected chi connectivity index (χ0v) is 16.6. The van der Waals surface area contributed by atoms with Crippen LogP contribution in [-0.4, -0.2) is 33.4 Å². The van der Waals surface area contributed by atoms with Crippen LogP contribution in [0.2, 0.25) is 5.02 Å². The largest absolute Gasteiger partial charge is 0.337 e. The van der Waals surface area contributed by atoms with E-state index in [9.17, 15) is 4.79 Å². The van der Waals surface area contributed by atoms with Crippen LogP contribution < -0.4 is 0 Å². The molecule has 1 aromatic carbocycles. The smallest absolute Gasteiger partial charge is 0.273 e. The van der Waals surface area contributed by atoms with Gasteiger partial charge in [-0.15, -0.1) is 11.3 Å². The SMILES string of the molecule is CC(C)Cc1cn(-c2nc(C(=O)N3CCCC3)cs2)c2cc(Cl)ccc12. The molecule has 136 valence electrons. The van der Waals surface area contributed by atoms with Gasteiger partial charge in [0.2, 0.25) is 0 Å². The maximum Gasteiger partial charge on any atom is 0.273 e. The van der Waals surface area contributed by atoms with Gasteiger partial charge in [0.25, 0.3) is 5.91 Å². The summed E-state index contributed by atoms with van der Waals surface area (Å²) in [5, 5.41) is 4.59. The third-order valence-electron chi connectivity index (χ3n) is 4.79. The lowest BCUT2D eigenvalue weighted by Gasteiger charge is -2.12. The molecule has 0 spiro atoms. The van der Waals surface area contributed by atoms with Crippen molar-refractivity contribution in [2.75, 3.05) is 13.1 Å². The Hall–Kier alpha value is -1.85. The highest BCUT2D eigenvalue weighted by Gasteiger charge is 2.22. The fourth-order valence-electron chi connectivity index (χ4n) is 3.59. The Morgan fingerprint density at radius 3 is 2.81 bits per heavy atom. The molecule has 0 saturated carbocycles. The van der Waals surface area contributed by atoms with Gasteiger partial charge in [0.1, 0.15) is 5.69 Å². The average Bonchev–Trinajstić information content (AvgIpc) is 3.33. The summed E-state index contributed by atoms with van der Waals surface area (Å²) in [6.07, 6.45) is 5.31. The van der Waals surface area contributed by atoms with Crippen LogP contribution in [0.1, 0.15) is 42.7 Å². The van der Waals surface area contributed by atoms with Gasteiger partial charge in [-0.2, -0.15) is 0 Å². The summed E-state index contributed by atoms with van der Waals surface area (Å²) in [6.45, 7) is 6.11. The molecule has 4 rings (SSSR count). The maximum atomic E-state index is 12.6. The van der Waals surface area contributed by atoms with Crippen LogP contribution in [0.5, 0.6) is 0 Å². The van der Waals surface area contributed by atoms with E-state index >= 15 is 0 Å². The van der Waals surface area contributed by atoms with Crippen LogP contribution in [0.15, 0.2) is 29.8 Å². The predicted molar refractivity (Wildman–Crippen MR) is 108 cm³/mol. The first kappa shape index (κ1) is 17.6. The molecule has 3 aromatic rings. The van der Waals surface area contributed by atoms with E-state index in [2.05, 4.69) is 35.7 Å². The number of amides is 1. The topological polar surface area (TPSA) is 38.1 Å². The fraction of sp³-hybridized carbons (Fsp3) is 0.400. The molecule has 3 heterocycles. The molecule has 1 fully saturated rings. The van der Waals surface area contributed by atoms with E-state index in [0.717, 1.165) is 43.0 Å². The summed E-state index contributed by atoms with van der Waals surface area (Å²) >= 11 is 7.75. The summed E-state index contributed by atoms with van der Waals surface area (Å²) in [4.78, 5) is 19.1. The van der Waals surface area contributed by atoms with Crippen molar-refractivity contribution in [1.82, 2.24) is 14.5 Å². The molecule has 1 aliphatic heterocycles.